The number of hydrogen-bond acceptors (Lipinski definition) is 3. The van der Waals surface area contributed by atoms with Crippen LogP contribution in [0.25, 0.3) is 0 Å². The van der Waals surface area contributed by atoms with Gasteiger partial charge in [0.25, 0.3) is 10.0 Å². The van der Waals surface area contributed by atoms with E-state index in [0.717, 1.165) is 12.1 Å². The van der Waals surface area contributed by atoms with Gasteiger partial charge in [0, 0.05) is 21.8 Å². The largest absolute Gasteiger partial charge is 0.280 e. The van der Waals surface area contributed by atoms with Crippen molar-refractivity contribution in [2.24, 2.45) is 0 Å². The summed E-state index contributed by atoms with van der Waals surface area (Å²) >= 11 is 11.6. The Labute approximate surface area is 121 Å². The minimum Gasteiger partial charge on any atom is -0.280 e. The zero-order chi connectivity index (χ0) is 14.0. The molecule has 0 aliphatic rings. The van der Waals surface area contributed by atoms with Crippen LogP contribution in [0.1, 0.15) is 12.6 Å². The van der Waals surface area contributed by atoms with Gasteiger partial charge in [-0.25, -0.2) is 8.42 Å². The molecule has 0 spiro atoms. The van der Waals surface area contributed by atoms with Gasteiger partial charge in [0.05, 0.1) is 4.90 Å². The average molecular weight is 320 g/mol. The van der Waals surface area contributed by atoms with E-state index in [1.807, 2.05) is 6.92 Å². The molecule has 1 aromatic heterocycles. The lowest BCUT2D eigenvalue weighted by atomic mass is 10.3. The average Bonchev–Trinajstić information content (AvgIpc) is 2.74. The third-order valence-corrected chi connectivity index (χ3v) is 4.17. The molecular weight excluding hydrogens is 309 g/mol. The highest BCUT2D eigenvalue weighted by Crippen LogP contribution is 2.23. The molecule has 8 heteroatoms. The smallest absolute Gasteiger partial charge is 0.263 e. The van der Waals surface area contributed by atoms with E-state index in [9.17, 15) is 8.42 Å². The first-order valence-electron chi connectivity index (χ1n) is 5.44. The van der Waals surface area contributed by atoms with E-state index in [1.165, 1.54) is 18.2 Å². The number of benzene rings is 1. The number of rotatable bonds is 4. The van der Waals surface area contributed by atoms with Crippen LogP contribution >= 0.6 is 23.2 Å². The van der Waals surface area contributed by atoms with E-state index in [4.69, 9.17) is 23.2 Å². The van der Waals surface area contributed by atoms with Gasteiger partial charge in [-0.15, -0.1) is 0 Å². The third kappa shape index (κ3) is 3.40. The summed E-state index contributed by atoms with van der Waals surface area (Å²) in [6.45, 7) is 1.93. The molecule has 0 aliphatic carbocycles. The Morgan fingerprint density at radius 1 is 1.21 bits per heavy atom. The normalized spacial score (nSPS) is 11.5. The highest BCUT2D eigenvalue weighted by Gasteiger charge is 2.17. The topological polar surface area (TPSA) is 74.8 Å². The Balaban J connectivity index is 2.31. The van der Waals surface area contributed by atoms with E-state index in [1.54, 1.807) is 6.07 Å². The Hall–Kier alpha value is -1.24. The predicted molar refractivity (Wildman–Crippen MR) is 75.2 cm³/mol. The molecular formula is C11H11Cl2N3O2S. The molecule has 19 heavy (non-hydrogen) atoms. The molecule has 0 saturated heterocycles. The van der Waals surface area contributed by atoms with Crippen molar-refractivity contribution in [1.82, 2.24) is 10.2 Å². The van der Waals surface area contributed by atoms with Crippen LogP contribution in [0.4, 0.5) is 5.82 Å². The first-order chi connectivity index (χ1) is 8.90. The minimum absolute atomic E-state index is 0.00829. The first-order valence-corrected chi connectivity index (χ1v) is 7.68. The second-order valence-electron chi connectivity index (χ2n) is 3.84. The molecule has 0 amide bonds. The number of sulfonamides is 1. The van der Waals surface area contributed by atoms with Crippen molar-refractivity contribution in [1.29, 1.82) is 0 Å². The van der Waals surface area contributed by atoms with Gasteiger partial charge in [0.2, 0.25) is 0 Å². The van der Waals surface area contributed by atoms with Crippen molar-refractivity contribution in [3.63, 3.8) is 0 Å². The van der Waals surface area contributed by atoms with Gasteiger partial charge in [-0.1, -0.05) is 30.1 Å². The van der Waals surface area contributed by atoms with Crippen LogP contribution in [0, 0.1) is 0 Å². The van der Waals surface area contributed by atoms with Crippen molar-refractivity contribution >= 4 is 39.0 Å². The lowest BCUT2D eigenvalue weighted by Crippen LogP contribution is -2.13. The Bertz CT molecular complexity index is 677. The van der Waals surface area contributed by atoms with Gasteiger partial charge in [0.15, 0.2) is 5.82 Å². The number of hydrogen-bond donors (Lipinski definition) is 2. The quantitative estimate of drug-likeness (QED) is 0.909. The maximum atomic E-state index is 12.1. The molecule has 0 aliphatic heterocycles. The summed E-state index contributed by atoms with van der Waals surface area (Å²) in [5, 5.41) is 7.09. The third-order valence-electron chi connectivity index (χ3n) is 2.40. The summed E-state index contributed by atoms with van der Waals surface area (Å²) in [7, 11) is -3.75. The molecule has 5 nitrogen and oxygen atoms in total. The van der Waals surface area contributed by atoms with Crippen LogP contribution in [-0.2, 0) is 16.4 Å². The predicted octanol–water partition coefficient (Wildman–Crippen LogP) is 3.08. The standard InChI is InChI=1S/C11H11Cl2N3O2S/c1-2-9-6-11(15-14-9)16-19(17,18)10-4-7(12)3-8(13)5-10/h3-6H,2H2,1H3,(H2,14,15,16). The van der Waals surface area contributed by atoms with Gasteiger partial charge in [-0.2, -0.15) is 5.10 Å². The van der Waals surface area contributed by atoms with Gasteiger partial charge in [0.1, 0.15) is 0 Å². The fraction of sp³-hybridized carbons (Fsp3) is 0.182. The molecule has 102 valence electrons. The van der Waals surface area contributed by atoms with E-state index < -0.39 is 10.0 Å². The summed E-state index contributed by atoms with van der Waals surface area (Å²) in [5.41, 5.74) is 0.835. The number of anilines is 1. The fourth-order valence-corrected chi connectivity index (χ4v) is 3.19. The lowest BCUT2D eigenvalue weighted by molar-refractivity contribution is 0.601. The van der Waals surface area contributed by atoms with Crippen LogP contribution in [-0.4, -0.2) is 18.6 Å². The van der Waals surface area contributed by atoms with Gasteiger partial charge in [-0.3, -0.25) is 9.82 Å². The van der Waals surface area contributed by atoms with Crippen molar-refractivity contribution in [3.05, 3.63) is 40.0 Å². The van der Waals surface area contributed by atoms with E-state index in [2.05, 4.69) is 14.9 Å². The first kappa shape index (κ1) is 14.2. The summed E-state index contributed by atoms with van der Waals surface area (Å²) in [4.78, 5) is -0.00829. The summed E-state index contributed by atoms with van der Waals surface area (Å²) in [6, 6.07) is 5.74. The number of aromatic amines is 1. The number of aryl methyl sites for hydroxylation is 1. The number of nitrogens with zero attached hydrogens (tertiary/aromatic N) is 1. The summed E-state index contributed by atoms with van der Waals surface area (Å²) in [5.74, 6) is 0.230. The van der Waals surface area contributed by atoms with Crippen molar-refractivity contribution in [3.8, 4) is 0 Å². The fourth-order valence-electron chi connectivity index (χ4n) is 1.48. The van der Waals surface area contributed by atoms with E-state index in [-0.39, 0.29) is 20.8 Å². The molecule has 1 aromatic carbocycles. The molecule has 1 heterocycles. The second-order valence-corrected chi connectivity index (χ2v) is 6.40. The molecule has 0 saturated carbocycles. The number of H-pyrrole nitrogens is 1. The van der Waals surface area contributed by atoms with Gasteiger partial charge in [-0.05, 0) is 24.6 Å². The van der Waals surface area contributed by atoms with Crippen molar-refractivity contribution < 1.29 is 8.42 Å². The van der Waals surface area contributed by atoms with Crippen LogP contribution in [0.2, 0.25) is 10.0 Å². The van der Waals surface area contributed by atoms with Crippen LogP contribution in [0.5, 0.6) is 0 Å². The highest BCUT2D eigenvalue weighted by molar-refractivity contribution is 7.92. The summed E-state index contributed by atoms with van der Waals surface area (Å²) < 4.78 is 26.6. The van der Waals surface area contributed by atoms with Crippen molar-refractivity contribution in [2.75, 3.05) is 4.72 Å². The Morgan fingerprint density at radius 2 is 1.84 bits per heavy atom. The highest BCUT2D eigenvalue weighted by atomic mass is 35.5. The molecule has 2 aromatic rings. The Kier molecular flexibility index (Phi) is 4.03. The maximum Gasteiger partial charge on any atom is 0.263 e. The van der Waals surface area contributed by atoms with Gasteiger partial charge < -0.3 is 0 Å². The molecule has 0 atom stereocenters. The number of aromatic nitrogens is 2. The number of nitrogens with one attached hydrogen (secondary N) is 2. The van der Waals surface area contributed by atoms with Crippen LogP contribution < -0.4 is 4.72 Å². The zero-order valence-corrected chi connectivity index (χ0v) is 12.3. The number of halogens is 2. The second kappa shape index (κ2) is 5.40. The molecule has 0 bridgehead atoms. The molecule has 2 rings (SSSR count). The van der Waals surface area contributed by atoms with E-state index >= 15 is 0 Å². The zero-order valence-electron chi connectivity index (χ0n) is 9.94. The van der Waals surface area contributed by atoms with Crippen LogP contribution in [0.15, 0.2) is 29.2 Å². The molecule has 2 N–H and O–H groups in total. The molecule has 0 radical (unpaired) electrons. The maximum absolute atomic E-state index is 12.1. The SMILES string of the molecule is CCc1cc(NS(=O)(=O)c2cc(Cl)cc(Cl)c2)n[nH]1. The lowest BCUT2D eigenvalue weighted by Gasteiger charge is -2.06. The summed E-state index contributed by atoms with van der Waals surface area (Å²) in [6.07, 6.45) is 0.734. The Morgan fingerprint density at radius 3 is 2.37 bits per heavy atom. The monoisotopic (exact) mass is 319 g/mol. The van der Waals surface area contributed by atoms with E-state index in [0.29, 0.717) is 0 Å². The molecule has 0 fully saturated rings. The molecule has 0 unspecified atom stereocenters. The van der Waals surface area contributed by atoms with Crippen LogP contribution in [0.3, 0.4) is 0 Å². The van der Waals surface area contributed by atoms with Gasteiger partial charge >= 0.3 is 0 Å². The minimum atomic E-state index is -3.75. The van der Waals surface area contributed by atoms with Crippen molar-refractivity contribution in [2.45, 2.75) is 18.2 Å².